The molecule has 0 spiro atoms. The van der Waals surface area contributed by atoms with Gasteiger partial charge in [-0.05, 0) is 33.8 Å². The van der Waals surface area contributed by atoms with Gasteiger partial charge in [-0.15, -0.1) is 0 Å². The molecule has 2 heterocycles. The van der Waals surface area contributed by atoms with Crippen molar-refractivity contribution in [3.05, 3.63) is 18.2 Å². The Morgan fingerprint density at radius 2 is 1.78 bits per heavy atom. The largest absolute Gasteiger partial charge is 0.496 e. The predicted octanol–water partition coefficient (Wildman–Crippen LogP) is 1.56. The maximum atomic E-state index is 13.3. The zero-order chi connectivity index (χ0) is 13.6. The van der Waals surface area contributed by atoms with Crippen molar-refractivity contribution in [2.45, 2.75) is 38.9 Å². The summed E-state index contributed by atoms with van der Waals surface area (Å²) >= 11 is 0. The molecule has 0 atom stereocenters. The first-order valence-corrected chi connectivity index (χ1v) is 5.96. The minimum atomic E-state index is -0.530. The van der Waals surface area contributed by atoms with Crippen LogP contribution in [0.1, 0.15) is 27.7 Å². The normalized spacial score (nSPS) is 21.1. The zero-order valence-electron chi connectivity index (χ0n) is 11.4. The van der Waals surface area contributed by atoms with E-state index in [0.29, 0.717) is 11.2 Å². The Balaban J connectivity index is 2.30. The molecule has 1 aliphatic heterocycles. The molecule has 6 heteroatoms. The number of halogens is 1. The first-order chi connectivity index (χ1) is 8.27. The van der Waals surface area contributed by atoms with Crippen LogP contribution in [0.4, 0.5) is 10.1 Å². The van der Waals surface area contributed by atoms with Gasteiger partial charge in [-0.3, -0.25) is 0 Å². The number of pyridine rings is 1. The molecule has 4 nitrogen and oxygen atoms in total. The van der Waals surface area contributed by atoms with Crippen LogP contribution in [0.2, 0.25) is 0 Å². The summed E-state index contributed by atoms with van der Waals surface area (Å²) in [5.74, 6) is -0.530. The third kappa shape index (κ3) is 2.10. The van der Waals surface area contributed by atoms with Gasteiger partial charge in [-0.1, -0.05) is 0 Å². The summed E-state index contributed by atoms with van der Waals surface area (Å²) in [4.78, 5) is 3.70. The number of hydrogen-bond acceptors (Lipinski definition) is 4. The number of nitrogens with one attached hydrogen (secondary N) is 1. The standard InChI is InChI=1S/C12H18BFN2O2/c1-11(2)12(3,4)18-13(17-11)8-6-9(15-5)10(14)16-7-8/h6-7,15H,1-5H3. The molecule has 0 radical (unpaired) electrons. The van der Waals surface area contributed by atoms with Gasteiger partial charge >= 0.3 is 7.12 Å². The van der Waals surface area contributed by atoms with E-state index in [2.05, 4.69) is 10.3 Å². The van der Waals surface area contributed by atoms with E-state index in [0.717, 1.165) is 0 Å². The molecule has 0 bridgehead atoms. The molecule has 0 aromatic carbocycles. The highest BCUT2D eigenvalue weighted by Crippen LogP contribution is 2.36. The molecule has 1 aromatic rings. The zero-order valence-corrected chi connectivity index (χ0v) is 11.4. The second-order valence-corrected chi connectivity index (χ2v) is 5.45. The summed E-state index contributed by atoms with van der Waals surface area (Å²) in [6.45, 7) is 7.90. The molecule has 18 heavy (non-hydrogen) atoms. The van der Waals surface area contributed by atoms with Crippen molar-refractivity contribution in [2.75, 3.05) is 12.4 Å². The molecule has 0 saturated carbocycles. The number of rotatable bonds is 2. The summed E-state index contributed by atoms with van der Waals surface area (Å²) < 4.78 is 25.1. The Morgan fingerprint density at radius 3 is 2.28 bits per heavy atom. The van der Waals surface area contributed by atoms with Crippen LogP contribution >= 0.6 is 0 Å². The lowest BCUT2D eigenvalue weighted by molar-refractivity contribution is 0.00578. The number of aromatic nitrogens is 1. The van der Waals surface area contributed by atoms with Crippen LogP contribution in [-0.2, 0) is 9.31 Å². The molecule has 1 N–H and O–H groups in total. The van der Waals surface area contributed by atoms with Crippen LogP contribution in [0.3, 0.4) is 0 Å². The second kappa shape index (κ2) is 4.21. The quantitative estimate of drug-likeness (QED) is 0.640. The molecular weight excluding hydrogens is 234 g/mol. The SMILES string of the molecule is CNc1cc(B2OC(C)(C)C(C)(C)O2)cnc1F. The fourth-order valence-corrected chi connectivity index (χ4v) is 1.75. The molecule has 98 valence electrons. The Labute approximate surface area is 107 Å². The summed E-state index contributed by atoms with van der Waals surface area (Å²) in [6.07, 6.45) is 1.44. The lowest BCUT2D eigenvalue weighted by atomic mass is 9.80. The van der Waals surface area contributed by atoms with Crippen molar-refractivity contribution in [3.8, 4) is 0 Å². The highest BCUT2D eigenvalue weighted by molar-refractivity contribution is 6.62. The Bertz CT molecular complexity index is 449. The van der Waals surface area contributed by atoms with Crippen LogP contribution in [0.5, 0.6) is 0 Å². The average Bonchev–Trinajstić information content (AvgIpc) is 2.49. The van der Waals surface area contributed by atoms with Gasteiger partial charge in [0.1, 0.15) is 0 Å². The molecule has 2 rings (SSSR count). The molecular formula is C12H18BFN2O2. The minimum absolute atomic E-state index is 0.335. The van der Waals surface area contributed by atoms with E-state index in [1.54, 1.807) is 13.1 Å². The minimum Gasteiger partial charge on any atom is -0.399 e. The maximum Gasteiger partial charge on any atom is 0.496 e. The van der Waals surface area contributed by atoms with Crippen LogP contribution in [0, 0.1) is 5.95 Å². The lowest BCUT2D eigenvalue weighted by Gasteiger charge is -2.32. The highest BCUT2D eigenvalue weighted by atomic mass is 19.1. The number of nitrogens with zero attached hydrogens (tertiary/aromatic N) is 1. The summed E-state index contributed by atoms with van der Waals surface area (Å²) in [5, 5.41) is 2.75. The number of anilines is 1. The van der Waals surface area contributed by atoms with Gasteiger partial charge in [0.2, 0.25) is 5.95 Å². The van der Waals surface area contributed by atoms with Crippen molar-refractivity contribution in [3.63, 3.8) is 0 Å². The van der Waals surface area contributed by atoms with E-state index in [9.17, 15) is 4.39 Å². The van der Waals surface area contributed by atoms with Gasteiger partial charge < -0.3 is 14.6 Å². The van der Waals surface area contributed by atoms with E-state index in [1.807, 2.05) is 27.7 Å². The van der Waals surface area contributed by atoms with Crippen molar-refractivity contribution >= 4 is 18.3 Å². The van der Waals surface area contributed by atoms with Gasteiger partial charge in [0.05, 0.1) is 16.9 Å². The molecule has 0 amide bonds. The fraction of sp³-hybridized carbons (Fsp3) is 0.583. The molecule has 0 unspecified atom stereocenters. The lowest BCUT2D eigenvalue weighted by Crippen LogP contribution is -2.41. The summed E-state index contributed by atoms with van der Waals surface area (Å²) in [6, 6.07) is 1.66. The molecule has 1 fully saturated rings. The first kappa shape index (κ1) is 13.3. The predicted molar refractivity (Wildman–Crippen MR) is 69.5 cm³/mol. The van der Waals surface area contributed by atoms with Gasteiger partial charge in [0.25, 0.3) is 0 Å². The Morgan fingerprint density at radius 1 is 1.22 bits per heavy atom. The van der Waals surface area contributed by atoms with Gasteiger partial charge in [-0.2, -0.15) is 4.39 Å². The third-order valence-corrected chi connectivity index (χ3v) is 3.65. The Kier molecular flexibility index (Phi) is 3.11. The van der Waals surface area contributed by atoms with E-state index in [-0.39, 0.29) is 0 Å². The average molecular weight is 252 g/mol. The summed E-state index contributed by atoms with van der Waals surface area (Å²) in [5.41, 5.74) is 0.221. The van der Waals surface area contributed by atoms with Crippen LogP contribution in [-0.4, -0.2) is 30.4 Å². The van der Waals surface area contributed by atoms with E-state index < -0.39 is 24.3 Å². The maximum absolute atomic E-state index is 13.3. The summed E-state index contributed by atoms with van der Waals surface area (Å²) in [7, 11) is 1.13. The van der Waals surface area contributed by atoms with Crippen LogP contribution in [0.25, 0.3) is 0 Å². The smallest absolute Gasteiger partial charge is 0.399 e. The molecule has 1 aromatic heterocycles. The van der Waals surface area contributed by atoms with Crippen LogP contribution < -0.4 is 10.8 Å². The monoisotopic (exact) mass is 252 g/mol. The molecule has 0 aliphatic carbocycles. The van der Waals surface area contributed by atoms with E-state index in [4.69, 9.17) is 9.31 Å². The van der Waals surface area contributed by atoms with Gasteiger partial charge in [0.15, 0.2) is 0 Å². The van der Waals surface area contributed by atoms with Crippen molar-refractivity contribution in [2.24, 2.45) is 0 Å². The second-order valence-electron chi connectivity index (χ2n) is 5.45. The third-order valence-electron chi connectivity index (χ3n) is 3.65. The van der Waals surface area contributed by atoms with Gasteiger partial charge in [-0.25, -0.2) is 4.98 Å². The van der Waals surface area contributed by atoms with Gasteiger partial charge in [0, 0.05) is 18.7 Å². The Hall–Kier alpha value is -1.14. The fourth-order valence-electron chi connectivity index (χ4n) is 1.75. The van der Waals surface area contributed by atoms with Crippen molar-refractivity contribution in [1.82, 2.24) is 4.98 Å². The molecule has 1 aliphatic rings. The van der Waals surface area contributed by atoms with E-state index >= 15 is 0 Å². The number of hydrogen-bond donors (Lipinski definition) is 1. The van der Waals surface area contributed by atoms with E-state index in [1.165, 1.54) is 6.20 Å². The molecule has 1 saturated heterocycles. The highest BCUT2D eigenvalue weighted by Gasteiger charge is 2.51. The van der Waals surface area contributed by atoms with Crippen molar-refractivity contribution in [1.29, 1.82) is 0 Å². The van der Waals surface area contributed by atoms with Crippen molar-refractivity contribution < 1.29 is 13.7 Å². The van der Waals surface area contributed by atoms with Crippen LogP contribution in [0.15, 0.2) is 12.3 Å². The first-order valence-electron chi connectivity index (χ1n) is 5.96. The topological polar surface area (TPSA) is 43.4 Å².